The van der Waals surface area contributed by atoms with Gasteiger partial charge in [0.05, 0.1) is 17.2 Å². The Morgan fingerprint density at radius 1 is 1.16 bits per heavy atom. The average molecular weight is 337 g/mol. The van der Waals surface area contributed by atoms with Crippen LogP contribution in [0.15, 0.2) is 53.6 Å². The van der Waals surface area contributed by atoms with E-state index in [1.54, 1.807) is 36.4 Å². The number of benzene rings is 2. The molecule has 1 N–H and O–H groups in total. The molecule has 0 saturated heterocycles. The van der Waals surface area contributed by atoms with Crippen LogP contribution in [0.25, 0.3) is 10.9 Å². The molecule has 0 atom stereocenters. The fourth-order valence-corrected chi connectivity index (χ4v) is 2.70. The molecule has 1 aliphatic heterocycles. The molecule has 7 nitrogen and oxygen atoms in total. The average Bonchev–Trinajstić information content (AvgIpc) is 3.11. The van der Waals surface area contributed by atoms with E-state index in [1.807, 2.05) is 6.07 Å². The van der Waals surface area contributed by atoms with Crippen molar-refractivity contribution >= 4 is 16.8 Å². The number of hydrogen-bond donors (Lipinski definition) is 1. The first-order chi connectivity index (χ1) is 12.2. The maximum absolute atomic E-state index is 12.4. The summed E-state index contributed by atoms with van der Waals surface area (Å²) in [5.41, 5.74) is 1.02. The molecule has 2 heterocycles. The Bertz CT molecular complexity index is 1010. The highest BCUT2D eigenvalue weighted by Gasteiger charge is 2.16. The third kappa shape index (κ3) is 2.91. The van der Waals surface area contributed by atoms with Gasteiger partial charge in [-0.2, -0.15) is 0 Å². The lowest BCUT2D eigenvalue weighted by molar-refractivity contribution is 0.0951. The van der Waals surface area contributed by atoms with Crippen LogP contribution in [0.2, 0.25) is 0 Å². The maximum atomic E-state index is 12.4. The number of fused-ring (bicyclic) bond motifs is 2. The zero-order valence-electron chi connectivity index (χ0n) is 13.3. The number of ether oxygens (including phenoxy) is 2. The number of carbonyl (C=O) groups excluding carboxylic acids is 1. The van der Waals surface area contributed by atoms with Crippen molar-refractivity contribution in [1.82, 2.24) is 14.9 Å². The number of nitrogens with zero attached hydrogens (tertiary/aromatic N) is 2. The van der Waals surface area contributed by atoms with Crippen LogP contribution < -0.4 is 20.3 Å². The van der Waals surface area contributed by atoms with E-state index >= 15 is 0 Å². The molecule has 0 fully saturated rings. The first kappa shape index (κ1) is 15.2. The summed E-state index contributed by atoms with van der Waals surface area (Å²) in [6, 6.07) is 12.2. The van der Waals surface area contributed by atoms with Gasteiger partial charge in [-0.05, 0) is 30.3 Å². The smallest absolute Gasteiger partial charge is 0.261 e. The van der Waals surface area contributed by atoms with Gasteiger partial charge in [0.2, 0.25) is 6.79 Å². The zero-order chi connectivity index (χ0) is 17.2. The lowest BCUT2D eigenvalue weighted by Gasteiger charge is -2.08. The van der Waals surface area contributed by atoms with Gasteiger partial charge in [0.1, 0.15) is 0 Å². The largest absolute Gasteiger partial charge is 0.454 e. The monoisotopic (exact) mass is 337 g/mol. The summed E-state index contributed by atoms with van der Waals surface area (Å²) in [5, 5.41) is 3.35. The molecule has 0 radical (unpaired) electrons. The minimum absolute atomic E-state index is 0.122. The van der Waals surface area contributed by atoms with Crippen LogP contribution in [0.5, 0.6) is 11.5 Å². The van der Waals surface area contributed by atoms with Gasteiger partial charge >= 0.3 is 0 Å². The molecule has 1 aliphatic rings. The molecule has 126 valence electrons. The molecule has 0 unspecified atom stereocenters. The van der Waals surface area contributed by atoms with Crippen molar-refractivity contribution in [2.24, 2.45) is 0 Å². The van der Waals surface area contributed by atoms with Crippen molar-refractivity contribution in [3.63, 3.8) is 0 Å². The Morgan fingerprint density at radius 3 is 2.92 bits per heavy atom. The second-order valence-electron chi connectivity index (χ2n) is 5.58. The topological polar surface area (TPSA) is 82.5 Å². The molecular weight excluding hydrogens is 322 g/mol. The molecule has 1 aromatic heterocycles. The highest BCUT2D eigenvalue weighted by Crippen LogP contribution is 2.32. The van der Waals surface area contributed by atoms with Gasteiger partial charge in [-0.25, -0.2) is 4.98 Å². The Labute approximate surface area is 142 Å². The number of carbonyl (C=O) groups is 1. The third-order valence-corrected chi connectivity index (χ3v) is 4.00. The summed E-state index contributed by atoms with van der Waals surface area (Å²) in [6.07, 6.45) is 1.50. The number of nitrogens with one attached hydrogen (secondary N) is 1. The van der Waals surface area contributed by atoms with Crippen LogP contribution in [-0.2, 0) is 6.54 Å². The van der Waals surface area contributed by atoms with E-state index in [4.69, 9.17) is 9.47 Å². The second kappa shape index (κ2) is 6.27. The number of aromatic nitrogens is 2. The summed E-state index contributed by atoms with van der Waals surface area (Å²) in [7, 11) is 0. The number of para-hydroxylation sites is 1. The van der Waals surface area contributed by atoms with Crippen molar-refractivity contribution in [2.45, 2.75) is 6.54 Å². The molecule has 0 aliphatic carbocycles. The van der Waals surface area contributed by atoms with Gasteiger partial charge in [0.25, 0.3) is 11.5 Å². The van der Waals surface area contributed by atoms with Gasteiger partial charge in [-0.15, -0.1) is 0 Å². The van der Waals surface area contributed by atoms with Crippen molar-refractivity contribution in [1.29, 1.82) is 0 Å². The van der Waals surface area contributed by atoms with Crippen molar-refractivity contribution < 1.29 is 14.3 Å². The van der Waals surface area contributed by atoms with E-state index in [1.165, 1.54) is 10.9 Å². The minimum atomic E-state index is -0.236. The van der Waals surface area contributed by atoms with Gasteiger partial charge in [-0.3, -0.25) is 14.2 Å². The van der Waals surface area contributed by atoms with E-state index in [2.05, 4.69) is 10.3 Å². The van der Waals surface area contributed by atoms with Crippen LogP contribution in [-0.4, -0.2) is 28.8 Å². The molecule has 25 heavy (non-hydrogen) atoms. The van der Waals surface area contributed by atoms with E-state index < -0.39 is 0 Å². The van der Waals surface area contributed by atoms with Crippen LogP contribution >= 0.6 is 0 Å². The van der Waals surface area contributed by atoms with Gasteiger partial charge in [0.15, 0.2) is 11.5 Å². The minimum Gasteiger partial charge on any atom is -0.454 e. The molecule has 1 amide bonds. The van der Waals surface area contributed by atoms with Gasteiger partial charge in [-0.1, -0.05) is 12.1 Å². The molecule has 0 bridgehead atoms. The molecule has 7 heteroatoms. The molecule has 2 aromatic carbocycles. The predicted molar refractivity (Wildman–Crippen MR) is 90.9 cm³/mol. The van der Waals surface area contributed by atoms with Crippen LogP contribution in [0.4, 0.5) is 0 Å². The van der Waals surface area contributed by atoms with Crippen molar-refractivity contribution in [3.8, 4) is 11.5 Å². The normalized spacial score (nSPS) is 12.3. The quantitative estimate of drug-likeness (QED) is 0.781. The summed E-state index contributed by atoms with van der Waals surface area (Å²) in [4.78, 5) is 28.9. The van der Waals surface area contributed by atoms with Gasteiger partial charge in [0, 0.05) is 18.7 Å². The first-order valence-corrected chi connectivity index (χ1v) is 7.84. The van der Waals surface area contributed by atoms with Crippen LogP contribution in [0.1, 0.15) is 10.4 Å². The van der Waals surface area contributed by atoms with Crippen molar-refractivity contribution in [3.05, 3.63) is 64.7 Å². The van der Waals surface area contributed by atoms with Crippen LogP contribution in [0, 0.1) is 0 Å². The molecule has 4 rings (SSSR count). The summed E-state index contributed by atoms with van der Waals surface area (Å²) >= 11 is 0. The highest BCUT2D eigenvalue weighted by atomic mass is 16.7. The fraction of sp³-hybridized carbons (Fsp3) is 0.167. The molecule has 0 saturated carbocycles. The molecule has 3 aromatic rings. The number of hydrogen-bond acceptors (Lipinski definition) is 5. The molecular formula is C18H15N3O4. The molecule has 0 spiro atoms. The fourth-order valence-electron chi connectivity index (χ4n) is 2.70. The Morgan fingerprint density at radius 2 is 2.00 bits per heavy atom. The van der Waals surface area contributed by atoms with Crippen LogP contribution in [0.3, 0.4) is 0 Å². The standard InChI is InChI=1S/C18H15N3O4/c22-17(12-5-6-15-16(9-12)25-11-24-15)19-7-8-21-10-20-14-4-2-1-3-13(14)18(21)23/h1-6,9-10H,7-8,11H2,(H,19,22). The number of amides is 1. The second-order valence-corrected chi connectivity index (χ2v) is 5.58. The Hall–Kier alpha value is -3.35. The lowest BCUT2D eigenvalue weighted by atomic mass is 10.2. The lowest BCUT2D eigenvalue weighted by Crippen LogP contribution is -2.31. The van der Waals surface area contributed by atoms with E-state index in [0.29, 0.717) is 41.1 Å². The first-order valence-electron chi connectivity index (χ1n) is 7.84. The van der Waals surface area contributed by atoms with E-state index in [0.717, 1.165) is 0 Å². The Balaban J connectivity index is 1.43. The van der Waals surface area contributed by atoms with Gasteiger partial charge < -0.3 is 14.8 Å². The third-order valence-electron chi connectivity index (χ3n) is 4.00. The zero-order valence-corrected chi connectivity index (χ0v) is 13.3. The SMILES string of the molecule is O=C(NCCn1cnc2ccccc2c1=O)c1ccc2c(c1)OCO2. The Kier molecular flexibility index (Phi) is 3.81. The predicted octanol–water partition coefficient (Wildman–Crippen LogP) is 1.56. The maximum Gasteiger partial charge on any atom is 0.261 e. The summed E-state index contributed by atoms with van der Waals surface area (Å²) in [5.74, 6) is 0.952. The van der Waals surface area contributed by atoms with Crippen molar-refractivity contribution in [2.75, 3.05) is 13.3 Å². The summed E-state index contributed by atoms with van der Waals surface area (Å²) in [6.45, 7) is 0.818. The van der Waals surface area contributed by atoms with E-state index in [9.17, 15) is 9.59 Å². The number of rotatable bonds is 4. The summed E-state index contributed by atoms with van der Waals surface area (Å²) < 4.78 is 12.0. The van der Waals surface area contributed by atoms with E-state index in [-0.39, 0.29) is 18.3 Å². The highest BCUT2D eigenvalue weighted by molar-refractivity contribution is 5.94.